The van der Waals surface area contributed by atoms with Crippen LogP contribution in [-0.2, 0) is 6.54 Å². The van der Waals surface area contributed by atoms with Crippen LogP contribution in [0.1, 0.15) is 29.4 Å². The number of fused-ring (bicyclic) bond motifs is 1. The molecular weight excluding hydrogens is 292 g/mol. The molecule has 1 atom stereocenters. The molecule has 0 spiro atoms. The number of amides is 1. The van der Waals surface area contributed by atoms with Crippen molar-refractivity contribution in [2.75, 3.05) is 6.54 Å². The molecule has 7 nitrogen and oxygen atoms in total. The van der Waals surface area contributed by atoms with Gasteiger partial charge in [-0.25, -0.2) is 4.98 Å². The lowest BCUT2D eigenvalue weighted by Crippen LogP contribution is -2.41. The Hall–Kier alpha value is -2.96. The lowest BCUT2D eigenvalue weighted by Gasteiger charge is -2.32. The number of aromatic nitrogens is 5. The van der Waals surface area contributed by atoms with E-state index in [0.717, 1.165) is 17.2 Å². The summed E-state index contributed by atoms with van der Waals surface area (Å²) in [5, 5.41) is 8.61. The molecule has 0 radical (unpaired) electrons. The van der Waals surface area contributed by atoms with Crippen molar-refractivity contribution in [2.24, 2.45) is 0 Å². The number of carbonyl (C=O) groups excluding carboxylic acids is 1. The van der Waals surface area contributed by atoms with Crippen LogP contribution in [0.3, 0.4) is 0 Å². The number of imidazole rings is 1. The quantitative estimate of drug-likeness (QED) is 0.784. The second-order valence-corrected chi connectivity index (χ2v) is 5.65. The Bertz CT molecular complexity index is 824. The summed E-state index contributed by atoms with van der Waals surface area (Å²) in [6.07, 6.45) is 3.23. The summed E-state index contributed by atoms with van der Waals surface area (Å²) >= 11 is 0. The molecule has 1 aliphatic heterocycles. The van der Waals surface area contributed by atoms with E-state index in [1.165, 1.54) is 0 Å². The van der Waals surface area contributed by atoms with Crippen LogP contribution in [-0.4, -0.2) is 42.1 Å². The van der Waals surface area contributed by atoms with E-state index in [9.17, 15) is 4.79 Å². The molecule has 2 aromatic heterocycles. The van der Waals surface area contributed by atoms with E-state index < -0.39 is 0 Å². The van der Waals surface area contributed by atoms with Crippen molar-refractivity contribution >= 4 is 5.91 Å². The summed E-state index contributed by atoms with van der Waals surface area (Å²) in [5.41, 5.74) is 1.03. The maximum atomic E-state index is 12.5. The largest absolute Gasteiger partial charge is 0.341 e. The lowest BCUT2D eigenvalue weighted by atomic mass is 10.1. The summed E-state index contributed by atoms with van der Waals surface area (Å²) in [4.78, 5) is 21.1. The highest BCUT2D eigenvalue weighted by atomic mass is 16.2. The highest BCUT2D eigenvalue weighted by molar-refractivity contribution is 5.90. The number of hydrogen-bond donors (Lipinski definition) is 1. The van der Waals surface area contributed by atoms with E-state index in [4.69, 9.17) is 0 Å². The van der Waals surface area contributed by atoms with Gasteiger partial charge in [0.15, 0.2) is 17.5 Å². The van der Waals surface area contributed by atoms with Gasteiger partial charge in [-0.1, -0.05) is 30.3 Å². The maximum Gasteiger partial charge on any atom is 0.290 e. The summed E-state index contributed by atoms with van der Waals surface area (Å²) in [6.45, 7) is 3.11. The standard InChI is InChI=1S/C16H16N6O/c1-11-9-21(16(23)14-17-7-8-18-14)10-13-19-20-15(22(11)13)12-5-3-2-4-6-12/h2-8,11H,9-10H2,1H3,(H,17,18)/t11-/m0/s1. The van der Waals surface area contributed by atoms with Crippen LogP contribution in [0.4, 0.5) is 0 Å². The second-order valence-electron chi connectivity index (χ2n) is 5.65. The van der Waals surface area contributed by atoms with Crippen molar-refractivity contribution in [3.63, 3.8) is 0 Å². The van der Waals surface area contributed by atoms with Crippen LogP contribution < -0.4 is 0 Å². The Morgan fingerprint density at radius 1 is 1.26 bits per heavy atom. The first-order valence-corrected chi connectivity index (χ1v) is 7.52. The van der Waals surface area contributed by atoms with Gasteiger partial charge in [0.1, 0.15) is 0 Å². The third kappa shape index (κ3) is 2.30. The highest BCUT2D eigenvalue weighted by Crippen LogP contribution is 2.27. The normalized spacial score (nSPS) is 17.1. The van der Waals surface area contributed by atoms with Gasteiger partial charge < -0.3 is 14.5 Å². The molecular formula is C16H16N6O. The third-order valence-electron chi connectivity index (χ3n) is 4.04. The molecule has 23 heavy (non-hydrogen) atoms. The van der Waals surface area contributed by atoms with Gasteiger partial charge in [-0.2, -0.15) is 0 Å². The SMILES string of the molecule is C[C@H]1CN(C(=O)c2ncc[nH]2)Cc2nnc(-c3ccccc3)n21. The van der Waals surface area contributed by atoms with Crippen LogP contribution in [0, 0.1) is 0 Å². The molecule has 0 bridgehead atoms. The van der Waals surface area contributed by atoms with Gasteiger partial charge >= 0.3 is 0 Å². The lowest BCUT2D eigenvalue weighted by molar-refractivity contribution is 0.0671. The first-order valence-electron chi connectivity index (χ1n) is 7.52. The van der Waals surface area contributed by atoms with Crippen LogP contribution >= 0.6 is 0 Å². The van der Waals surface area contributed by atoms with Crippen molar-refractivity contribution in [3.8, 4) is 11.4 Å². The number of nitrogens with one attached hydrogen (secondary N) is 1. The van der Waals surface area contributed by atoms with Crippen molar-refractivity contribution < 1.29 is 4.79 Å². The zero-order chi connectivity index (χ0) is 15.8. The molecule has 116 valence electrons. The fourth-order valence-electron chi connectivity index (χ4n) is 3.00. The predicted octanol–water partition coefficient (Wildman–Crippen LogP) is 1.89. The molecule has 1 aliphatic rings. The van der Waals surface area contributed by atoms with E-state index in [1.807, 2.05) is 30.3 Å². The molecule has 0 aliphatic carbocycles. The van der Waals surface area contributed by atoms with Gasteiger partial charge in [0, 0.05) is 24.5 Å². The van der Waals surface area contributed by atoms with Crippen molar-refractivity contribution in [1.29, 1.82) is 0 Å². The zero-order valence-electron chi connectivity index (χ0n) is 12.7. The number of rotatable bonds is 2. The van der Waals surface area contributed by atoms with Crippen molar-refractivity contribution in [3.05, 3.63) is 54.4 Å². The Morgan fingerprint density at radius 2 is 2.09 bits per heavy atom. The number of benzene rings is 1. The summed E-state index contributed by atoms with van der Waals surface area (Å²) in [7, 11) is 0. The van der Waals surface area contributed by atoms with Gasteiger partial charge in [-0.3, -0.25) is 4.79 Å². The minimum Gasteiger partial charge on any atom is -0.341 e. The minimum atomic E-state index is -0.114. The molecule has 1 aromatic carbocycles. The number of aromatic amines is 1. The van der Waals surface area contributed by atoms with Crippen LogP contribution in [0.25, 0.3) is 11.4 Å². The molecule has 0 unspecified atom stereocenters. The zero-order valence-corrected chi connectivity index (χ0v) is 12.7. The van der Waals surface area contributed by atoms with Gasteiger partial charge in [-0.05, 0) is 6.92 Å². The number of H-pyrrole nitrogens is 1. The van der Waals surface area contributed by atoms with E-state index in [2.05, 4.69) is 31.7 Å². The smallest absolute Gasteiger partial charge is 0.290 e. The van der Waals surface area contributed by atoms with E-state index in [-0.39, 0.29) is 11.9 Å². The summed E-state index contributed by atoms with van der Waals surface area (Å²) in [6, 6.07) is 10.1. The molecule has 1 N–H and O–H groups in total. The Labute approximate surface area is 133 Å². The van der Waals surface area contributed by atoms with Gasteiger partial charge in [0.05, 0.1) is 12.6 Å². The van der Waals surface area contributed by atoms with E-state index in [1.54, 1.807) is 17.3 Å². The average Bonchev–Trinajstić information content (AvgIpc) is 3.24. The van der Waals surface area contributed by atoms with Crippen LogP contribution in [0.2, 0.25) is 0 Å². The third-order valence-corrected chi connectivity index (χ3v) is 4.04. The second kappa shape index (κ2) is 5.35. The Kier molecular flexibility index (Phi) is 3.18. The summed E-state index contributed by atoms with van der Waals surface area (Å²) < 4.78 is 2.11. The van der Waals surface area contributed by atoms with Crippen molar-refractivity contribution in [2.45, 2.75) is 19.5 Å². The number of nitrogens with zero attached hydrogens (tertiary/aromatic N) is 5. The van der Waals surface area contributed by atoms with Crippen molar-refractivity contribution in [1.82, 2.24) is 29.6 Å². The molecule has 0 saturated heterocycles. The Balaban J connectivity index is 1.66. The van der Waals surface area contributed by atoms with Crippen LogP contribution in [0.15, 0.2) is 42.7 Å². The topological polar surface area (TPSA) is 79.7 Å². The first kappa shape index (κ1) is 13.7. The van der Waals surface area contributed by atoms with Gasteiger partial charge in [0.25, 0.3) is 5.91 Å². The van der Waals surface area contributed by atoms with Gasteiger partial charge in [0.2, 0.25) is 0 Å². The molecule has 3 heterocycles. The highest BCUT2D eigenvalue weighted by Gasteiger charge is 2.30. The monoisotopic (exact) mass is 308 g/mol. The molecule has 0 fully saturated rings. The molecule has 4 rings (SSSR count). The Morgan fingerprint density at radius 3 is 2.83 bits per heavy atom. The first-order chi connectivity index (χ1) is 11.2. The van der Waals surface area contributed by atoms with E-state index >= 15 is 0 Å². The molecule has 7 heteroatoms. The molecule has 0 saturated carbocycles. The predicted molar refractivity (Wildman–Crippen MR) is 83.5 cm³/mol. The molecule has 3 aromatic rings. The maximum absolute atomic E-state index is 12.5. The fourth-order valence-corrected chi connectivity index (χ4v) is 3.00. The number of carbonyl (C=O) groups is 1. The minimum absolute atomic E-state index is 0.0999. The number of hydrogen-bond acceptors (Lipinski definition) is 4. The van der Waals surface area contributed by atoms with Gasteiger partial charge in [-0.15, -0.1) is 10.2 Å². The molecule has 1 amide bonds. The fraction of sp³-hybridized carbons (Fsp3) is 0.250. The summed E-state index contributed by atoms with van der Waals surface area (Å²) in [5.74, 6) is 1.88. The van der Waals surface area contributed by atoms with Crippen LogP contribution in [0.5, 0.6) is 0 Å². The average molecular weight is 308 g/mol. The van der Waals surface area contributed by atoms with E-state index in [0.29, 0.717) is 18.9 Å².